The maximum absolute atomic E-state index is 5.78. The second kappa shape index (κ2) is 9.06. The van der Waals surface area contributed by atoms with Crippen LogP contribution in [0.3, 0.4) is 0 Å². The molecule has 36 heavy (non-hydrogen) atoms. The van der Waals surface area contributed by atoms with Crippen LogP contribution >= 0.6 is 0 Å². The fourth-order valence-electron chi connectivity index (χ4n) is 5.71. The summed E-state index contributed by atoms with van der Waals surface area (Å²) in [4.78, 5) is 0. The van der Waals surface area contributed by atoms with Crippen molar-refractivity contribution in [2.45, 2.75) is 79.6 Å². The van der Waals surface area contributed by atoms with Crippen LogP contribution in [0.15, 0.2) is 68.6 Å². The number of rotatable bonds is 3. The molecule has 0 radical (unpaired) electrons. The Kier molecular flexibility index (Phi) is 6.44. The van der Waals surface area contributed by atoms with Gasteiger partial charge in [0.05, 0.1) is 0 Å². The summed E-state index contributed by atoms with van der Waals surface area (Å²) in [6.45, 7) is 21.2. The average Bonchev–Trinajstić information content (AvgIpc) is 3.51. The van der Waals surface area contributed by atoms with E-state index in [1.54, 1.807) is 21.6 Å². The number of furan rings is 1. The van der Waals surface area contributed by atoms with Crippen LogP contribution in [0.25, 0.3) is 16.7 Å². The topological polar surface area (TPSA) is 13.1 Å². The molecule has 186 valence electrons. The van der Waals surface area contributed by atoms with Gasteiger partial charge in [-0.2, -0.15) is 0 Å². The zero-order valence-corrected chi connectivity index (χ0v) is 25.9. The third kappa shape index (κ3) is 4.56. The molecule has 0 bridgehead atoms. The number of benzene rings is 2. The van der Waals surface area contributed by atoms with Crippen LogP contribution in [-0.2, 0) is 38.5 Å². The second-order valence-electron chi connectivity index (χ2n) is 13.0. The van der Waals surface area contributed by atoms with Gasteiger partial charge >= 0.3 is 227 Å². The molecule has 0 spiro atoms. The predicted molar refractivity (Wildman–Crippen MR) is 152 cm³/mol. The third-order valence-corrected chi connectivity index (χ3v) is 15.6. The Hall–Kier alpha value is -2.05. The van der Waals surface area contributed by atoms with Gasteiger partial charge in [0, 0.05) is 0 Å². The van der Waals surface area contributed by atoms with Gasteiger partial charge in [-0.1, -0.05) is 0 Å². The monoisotopic (exact) mass is 554 g/mol. The summed E-state index contributed by atoms with van der Waals surface area (Å²) in [5.74, 6) is 1.45. The summed E-state index contributed by atoms with van der Waals surface area (Å²) >= 11 is -2.32. The van der Waals surface area contributed by atoms with Gasteiger partial charge in [0.25, 0.3) is 0 Å². The fourth-order valence-corrected chi connectivity index (χ4v) is 13.3. The number of fused-ring (bicyclic) bond motifs is 3. The van der Waals surface area contributed by atoms with Crippen LogP contribution in [0, 0.1) is 5.92 Å². The van der Waals surface area contributed by atoms with E-state index in [0.717, 1.165) is 12.2 Å². The van der Waals surface area contributed by atoms with E-state index in [4.69, 9.17) is 4.42 Å². The average molecular weight is 556 g/mol. The summed E-state index contributed by atoms with van der Waals surface area (Å²) in [6.07, 6.45) is 7.73. The van der Waals surface area contributed by atoms with E-state index >= 15 is 0 Å². The predicted octanol–water partition coefficient (Wildman–Crippen LogP) is 8.52. The minimum absolute atomic E-state index is 0.108. The van der Waals surface area contributed by atoms with E-state index in [1.165, 1.54) is 33.4 Å². The fraction of sp³-hybridized carbons (Fsp3) is 0.382. The quantitative estimate of drug-likeness (QED) is 0.247. The van der Waals surface area contributed by atoms with Crippen molar-refractivity contribution in [3.05, 3.63) is 92.2 Å². The second-order valence-corrected chi connectivity index (χ2v) is 20.0. The van der Waals surface area contributed by atoms with Crippen LogP contribution in [0.1, 0.15) is 90.3 Å². The molecule has 0 amide bonds. The minimum atomic E-state index is -2.32. The van der Waals surface area contributed by atoms with E-state index < -0.39 is 21.3 Å². The first kappa shape index (κ1) is 25.6. The zero-order valence-electron chi connectivity index (χ0n) is 23.5. The van der Waals surface area contributed by atoms with Crippen molar-refractivity contribution in [1.82, 2.24) is 0 Å². The van der Waals surface area contributed by atoms with Gasteiger partial charge in [-0.3, -0.25) is 0 Å². The number of hydrogen-bond acceptors (Lipinski definition) is 1. The zero-order chi connectivity index (χ0) is 26.0. The van der Waals surface area contributed by atoms with Crippen molar-refractivity contribution in [3.8, 4) is 11.1 Å². The molecule has 0 N–H and O–H groups in total. The standard InChI is InChI=1S/C21H25.C10H9O.C3H6.Zr/c1-20(2,3)16-9-7-14-11-15-8-10-17(21(4,5)6)13-19(15)18(14)12-16;1-8-4-5-9(7-8)10-3-2-6-11-10;1-3-2;/h7,9-10,12-13H,11H2,1-6H3;2-3,5-8H,1H3;1-2H3;. The van der Waals surface area contributed by atoms with E-state index in [-0.39, 0.29) is 10.8 Å². The first-order chi connectivity index (χ1) is 16.8. The van der Waals surface area contributed by atoms with Crippen molar-refractivity contribution in [2.24, 2.45) is 5.92 Å². The van der Waals surface area contributed by atoms with Gasteiger partial charge < -0.3 is 0 Å². The van der Waals surface area contributed by atoms with Crippen molar-refractivity contribution < 1.29 is 25.7 Å². The van der Waals surface area contributed by atoms with Gasteiger partial charge in [0.2, 0.25) is 0 Å². The van der Waals surface area contributed by atoms with Gasteiger partial charge in [0.15, 0.2) is 0 Å². The van der Waals surface area contributed by atoms with Crippen LogP contribution in [0.4, 0.5) is 0 Å². The van der Waals surface area contributed by atoms with Gasteiger partial charge in [-0.15, -0.1) is 0 Å². The molecular weight excluding hydrogens is 516 g/mol. The molecule has 0 saturated heterocycles. The van der Waals surface area contributed by atoms with Gasteiger partial charge in [-0.25, -0.2) is 0 Å². The Bertz CT molecular complexity index is 1430. The Morgan fingerprint density at radius 2 is 1.58 bits per heavy atom. The normalized spacial score (nSPS) is 17.0. The van der Waals surface area contributed by atoms with Crippen molar-refractivity contribution in [3.63, 3.8) is 0 Å². The Morgan fingerprint density at radius 3 is 2.19 bits per heavy atom. The Morgan fingerprint density at radius 1 is 0.889 bits per heavy atom. The molecule has 2 aliphatic carbocycles. The summed E-state index contributed by atoms with van der Waals surface area (Å²) in [5, 5.41) is 0. The molecule has 1 aromatic heterocycles. The molecule has 0 saturated carbocycles. The first-order valence-electron chi connectivity index (χ1n) is 13.3. The molecule has 0 aliphatic heterocycles. The summed E-state index contributed by atoms with van der Waals surface area (Å²) in [6, 6.07) is 16.4. The molecule has 2 heteroatoms. The van der Waals surface area contributed by atoms with Gasteiger partial charge in [-0.05, 0) is 0 Å². The maximum atomic E-state index is 5.78. The van der Waals surface area contributed by atoms with Crippen LogP contribution in [0.5, 0.6) is 0 Å². The SMILES string of the molecule is C[C](C)=[Zr]([C]1=CC(c2ccco2)=CC1C)[c]1cc(C(C)(C)C)cc2c1Cc1ccc(C(C)(C)C)cc1-2. The van der Waals surface area contributed by atoms with E-state index in [0.29, 0.717) is 5.92 Å². The van der Waals surface area contributed by atoms with E-state index in [9.17, 15) is 0 Å². The van der Waals surface area contributed by atoms with Gasteiger partial charge in [0.1, 0.15) is 0 Å². The van der Waals surface area contributed by atoms with Crippen LogP contribution < -0.4 is 3.27 Å². The molecule has 3 aromatic rings. The summed E-state index contributed by atoms with van der Waals surface area (Å²) in [5.41, 5.74) is 10.4. The Balaban J connectivity index is 1.72. The molecule has 1 unspecified atom stereocenters. The van der Waals surface area contributed by atoms with Crippen LogP contribution in [0.2, 0.25) is 0 Å². The van der Waals surface area contributed by atoms with Crippen molar-refractivity contribution in [2.75, 3.05) is 0 Å². The third-order valence-electron chi connectivity index (χ3n) is 7.84. The molecule has 1 nitrogen and oxygen atoms in total. The number of allylic oxidation sites excluding steroid dienone is 4. The van der Waals surface area contributed by atoms with Crippen molar-refractivity contribution in [1.29, 1.82) is 0 Å². The molecule has 1 atom stereocenters. The van der Waals surface area contributed by atoms with Crippen molar-refractivity contribution >= 4 is 12.1 Å². The molecule has 2 aromatic carbocycles. The molecular formula is C34H40OZr. The number of hydrogen-bond donors (Lipinski definition) is 0. The Labute approximate surface area is 225 Å². The first-order valence-corrected chi connectivity index (χ1v) is 17.0. The summed E-state index contributed by atoms with van der Waals surface area (Å²) in [7, 11) is 0. The molecule has 5 rings (SSSR count). The molecule has 2 aliphatic rings. The molecule has 0 fully saturated rings. The molecule has 1 heterocycles. The van der Waals surface area contributed by atoms with E-state index in [1.807, 2.05) is 6.07 Å². The van der Waals surface area contributed by atoms with E-state index in [2.05, 4.69) is 111 Å². The van der Waals surface area contributed by atoms with Crippen LogP contribution in [-0.4, -0.2) is 3.21 Å². The summed E-state index contributed by atoms with van der Waals surface area (Å²) < 4.78 is 10.8.